The van der Waals surface area contributed by atoms with Gasteiger partial charge in [-0.05, 0) is 50.2 Å². The molecule has 0 amide bonds. The van der Waals surface area contributed by atoms with E-state index in [0.717, 1.165) is 11.3 Å². The lowest BCUT2D eigenvalue weighted by Gasteiger charge is -2.10. The highest BCUT2D eigenvalue weighted by Crippen LogP contribution is 2.33. The van der Waals surface area contributed by atoms with Gasteiger partial charge in [-0.1, -0.05) is 35.3 Å². The fraction of sp³-hybridized carbons (Fsp3) is 0.150. The number of benzene rings is 2. The summed E-state index contributed by atoms with van der Waals surface area (Å²) in [5, 5.41) is 9.78. The van der Waals surface area contributed by atoms with Crippen LogP contribution in [-0.4, -0.2) is 25.8 Å². The smallest absolute Gasteiger partial charge is 0.225 e. The minimum absolute atomic E-state index is 0.167. The van der Waals surface area contributed by atoms with Crippen LogP contribution in [0.15, 0.2) is 48.5 Å². The molecule has 0 unspecified atom stereocenters. The van der Waals surface area contributed by atoms with Crippen molar-refractivity contribution in [2.75, 3.05) is 11.1 Å². The Morgan fingerprint density at radius 1 is 1.00 bits per heavy atom. The Balaban J connectivity index is 1.98. The zero-order valence-electron chi connectivity index (χ0n) is 15.3. The molecule has 142 valence electrons. The Kier molecular flexibility index (Phi) is 4.83. The molecule has 0 aliphatic carbocycles. The summed E-state index contributed by atoms with van der Waals surface area (Å²) >= 11 is 12.2. The molecule has 0 spiro atoms. The first kappa shape index (κ1) is 18.5. The van der Waals surface area contributed by atoms with Crippen LogP contribution in [0.2, 0.25) is 10.0 Å². The predicted molar refractivity (Wildman–Crippen MR) is 115 cm³/mol. The summed E-state index contributed by atoms with van der Waals surface area (Å²) in [6.45, 7) is 4.04. The van der Waals surface area contributed by atoms with Gasteiger partial charge in [0.05, 0.1) is 16.8 Å². The van der Waals surface area contributed by atoms with Crippen LogP contribution in [-0.2, 0) is 0 Å². The lowest BCUT2D eigenvalue weighted by Crippen LogP contribution is -2.13. The molecule has 0 bridgehead atoms. The molecule has 0 aliphatic rings. The van der Waals surface area contributed by atoms with Crippen LogP contribution in [0.5, 0.6) is 0 Å². The lowest BCUT2D eigenvalue weighted by molar-refractivity contribution is 0.872. The van der Waals surface area contributed by atoms with Crippen LogP contribution in [0.3, 0.4) is 0 Å². The van der Waals surface area contributed by atoms with Crippen LogP contribution in [0.1, 0.15) is 13.8 Å². The van der Waals surface area contributed by atoms with E-state index in [1.54, 1.807) is 16.8 Å². The Bertz CT molecular complexity index is 1150. The van der Waals surface area contributed by atoms with E-state index in [2.05, 4.69) is 15.4 Å². The Hall–Kier alpha value is -2.83. The fourth-order valence-corrected chi connectivity index (χ4v) is 3.27. The van der Waals surface area contributed by atoms with Gasteiger partial charge < -0.3 is 11.1 Å². The summed E-state index contributed by atoms with van der Waals surface area (Å²) in [6.07, 6.45) is 0. The van der Waals surface area contributed by atoms with Crippen LogP contribution in [0.25, 0.3) is 28.0 Å². The highest BCUT2D eigenvalue weighted by Gasteiger charge is 2.19. The molecular weight excluding hydrogens is 395 g/mol. The van der Waals surface area contributed by atoms with Crippen molar-refractivity contribution in [3.05, 3.63) is 58.6 Å². The first-order chi connectivity index (χ1) is 13.4. The second-order valence-corrected chi connectivity index (χ2v) is 7.55. The van der Waals surface area contributed by atoms with Gasteiger partial charge in [-0.3, -0.25) is 0 Å². The predicted octanol–water partition coefficient (Wildman–Crippen LogP) is 5.19. The minimum atomic E-state index is 0.167. The summed E-state index contributed by atoms with van der Waals surface area (Å²) in [5.74, 6) is 0.932. The molecule has 0 saturated heterocycles. The number of nitrogens with zero attached hydrogens (tertiary/aromatic N) is 4. The van der Waals surface area contributed by atoms with E-state index in [4.69, 9.17) is 33.9 Å². The van der Waals surface area contributed by atoms with Gasteiger partial charge in [0, 0.05) is 21.7 Å². The zero-order chi connectivity index (χ0) is 19.8. The third kappa shape index (κ3) is 3.48. The number of fused-ring (bicyclic) bond motifs is 1. The molecule has 8 heteroatoms. The average Bonchev–Trinajstić information content (AvgIpc) is 2.98. The molecule has 2 aromatic heterocycles. The van der Waals surface area contributed by atoms with Crippen molar-refractivity contribution in [3.63, 3.8) is 0 Å². The molecule has 0 saturated carbocycles. The van der Waals surface area contributed by atoms with Crippen LogP contribution < -0.4 is 11.1 Å². The number of rotatable bonds is 4. The molecule has 0 atom stereocenters. The molecule has 0 fully saturated rings. The molecule has 28 heavy (non-hydrogen) atoms. The van der Waals surface area contributed by atoms with Gasteiger partial charge in [0.2, 0.25) is 5.95 Å². The Morgan fingerprint density at radius 3 is 2.43 bits per heavy atom. The Morgan fingerprint density at radius 2 is 1.75 bits per heavy atom. The second-order valence-electron chi connectivity index (χ2n) is 6.68. The summed E-state index contributed by atoms with van der Waals surface area (Å²) in [6, 6.07) is 14.9. The number of hydrogen-bond acceptors (Lipinski definition) is 5. The minimum Gasteiger partial charge on any atom is -0.383 e. The molecule has 0 aliphatic heterocycles. The quantitative estimate of drug-likeness (QED) is 0.481. The van der Waals surface area contributed by atoms with Gasteiger partial charge in [0.25, 0.3) is 0 Å². The van der Waals surface area contributed by atoms with E-state index in [1.165, 1.54) is 0 Å². The van der Waals surface area contributed by atoms with Gasteiger partial charge in [-0.2, -0.15) is 4.98 Å². The van der Waals surface area contributed by atoms with Gasteiger partial charge >= 0.3 is 0 Å². The van der Waals surface area contributed by atoms with E-state index in [0.29, 0.717) is 38.5 Å². The number of aromatic nitrogens is 4. The maximum absolute atomic E-state index is 6.47. The van der Waals surface area contributed by atoms with Crippen molar-refractivity contribution in [2.45, 2.75) is 19.9 Å². The fourth-order valence-electron chi connectivity index (χ4n) is 2.96. The average molecular weight is 413 g/mol. The van der Waals surface area contributed by atoms with Gasteiger partial charge in [0.15, 0.2) is 5.65 Å². The van der Waals surface area contributed by atoms with E-state index in [1.807, 2.05) is 50.2 Å². The molecule has 2 aromatic carbocycles. The highest BCUT2D eigenvalue weighted by molar-refractivity contribution is 6.31. The third-order valence-electron chi connectivity index (χ3n) is 4.16. The van der Waals surface area contributed by atoms with Gasteiger partial charge in [-0.25, -0.2) is 9.67 Å². The zero-order valence-corrected chi connectivity index (χ0v) is 16.8. The van der Waals surface area contributed by atoms with Crippen molar-refractivity contribution in [1.82, 2.24) is 19.7 Å². The van der Waals surface area contributed by atoms with E-state index in [-0.39, 0.29) is 6.04 Å². The number of hydrogen-bond donors (Lipinski definition) is 2. The van der Waals surface area contributed by atoms with Crippen molar-refractivity contribution < 1.29 is 0 Å². The first-order valence-electron chi connectivity index (χ1n) is 8.77. The molecule has 2 heterocycles. The monoisotopic (exact) mass is 412 g/mol. The largest absolute Gasteiger partial charge is 0.383 e. The summed E-state index contributed by atoms with van der Waals surface area (Å²) in [7, 11) is 0. The standard InChI is InChI=1S/C20H18Cl2N6/c1-11(2)24-20-25-17(12-4-3-5-14(22)10-12)16-18(23)28(27-19(16)26-20)15-8-6-13(21)7-9-15/h3-11H,23H2,1-2H3,(H,24,26,27). The highest BCUT2D eigenvalue weighted by atomic mass is 35.5. The normalized spacial score (nSPS) is 11.3. The molecule has 3 N–H and O–H groups in total. The van der Waals surface area contributed by atoms with Gasteiger partial charge in [-0.15, -0.1) is 5.10 Å². The number of nitrogen functional groups attached to an aromatic ring is 1. The van der Waals surface area contributed by atoms with Crippen molar-refractivity contribution in [2.24, 2.45) is 0 Å². The number of nitrogens with two attached hydrogens (primary N) is 1. The van der Waals surface area contributed by atoms with E-state index < -0.39 is 0 Å². The molecular formula is C20H18Cl2N6. The van der Waals surface area contributed by atoms with Crippen molar-refractivity contribution in [1.29, 1.82) is 0 Å². The van der Waals surface area contributed by atoms with E-state index >= 15 is 0 Å². The van der Waals surface area contributed by atoms with Gasteiger partial charge in [0.1, 0.15) is 5.82 Å². The summed E-state index contributed by atoms with van der Waals surface area (Å²) < 4.78 is 1.64. The SMILES string of the molecule is CC(C)Nc1nc(-c2cccc(Cl)c2)c2c(N)n(-c3ccc(Cl)cc3)nc2n1. The maximum Gasteiger partial charge on any atom is 0.225 e. The topological polar surface area (TPSA) is 81.6 Å². The number of halogens is 2. The third-order valence-corrected chi connectivity index (χ3v) is 4.64. The Labute approximate surface area is 172 Å². The molecule has 0 radical (unpaired) electrons. The second kappa shape index (κ2) is 7.30. The molecule has 4 rings (SSSR count). The van der Waals surface area contributed by atoms with Crippen LogP contribution in [0.4, 0.5) is 11.8 Å². The molecule has 6 nitrogen and oxygen atoms in total. The van der Waals surface area contributed by atoms with Crippen molar-refractivity contribution >= 4 is 46.0 Å². The van der Waals surface area contributed by atoms with Crippen LogP contribution in [0, 0.1) is 0 Å². The molecule has 4 aromatic rings. The number of anilines is 2. The lowest BCUT2D eigenvalue weighted by atomic mass is 10.1. The van der Waals surface area contributed by atoms with E-state index in [9.17, 15) is 0 Å². The summed E-state index contributed by atoms with van der Waals surface area (Å²) in [4.78, 5) is 9.25. The first-order valence-corrected chi connectivity index (χ1v) is 9.52. The van der Waals surface area contributed by atoms with Crippen molar-refractivity contribution in [3.8, 4) is 16.9 Å². The van der Waals surface area contributed by atoms with Crippen LogP contribution >= 0.6 is 23.2 Å². The summed E-state index contributed by atoms with van der Waals surface area (Å²) in [5.41, 5.74) is 9.27. The number of nitrogens with one attached hydrogen (secondary N) is 1. The maximum atomic E-state index is 6.47.